The maximum Gasteiger partial charge on any atom is 0.0332 e. The van der Waals surface area contributed by atoms with Crippen molar-refractivity contribution in [1.29, 1.82) is 0 Å². The third-order valence-corrected chi connectivity index (χ3v) is 2.97. The molecule has 0 aromatic heterocycles. The van der Waals surface area contributed by atoms with E-state index in [1.165, 1.54) is 11.1 Å². The molecule has 0 spiro atoms. The monoisotopic (exact) mass is 223 g/mol. The summed E-state index contributed by atoms with van der Waals surface area (Å²) in [4.78, 5) is 0. The van der Waals surface area contributed by atoms with Crippen LogP contribution < -0.4 is 5.73 Å². The molecule has 86 valence electrons. The number of rotatable bonds is 4. The average molecular weight is 223 g/mol. The molecule has 1 nitrogen and oxygen atoms in total. The minimum absolute atomic E-state index is 0.0696. The van der Waals surface area contributed by atoms with Gasteiger partial charge in [0.1, 0.15) is 0 Å². The first-order valence-electron chi connectivity index (χ1n) is 5.81. The van der Waals surface area contributed by atoms with Crippen LogP contribution in [-0.4, -0.2) is 6.04 Å². The van der Waals surface area contributed by atoms with Crippen molar-refractivity contribution in [2.75, 3.05) is 0 Å². The van der Waals surface area contributed by atoms with E-state index in [2.05, 4.69) is 30.8 Å². The van der Waals surface area contributed by atoms with E-state index >= 15 is 0 Å². The lowest BCUT2D eigenvalue weighted by atomic mass is 9.85. The zero-order valence-corrected chi connectivity index (χ0v) is 9.79. The highest BCUT2D eigenvalue weighted by molar-refractivity contribution is 5.35. The standard InChI is InChI=1S/C16H17N/c1-2-15(17)16(13-9-5-3-6-10-13)14-11-7-4-8-12-14/h2-12,15-16H,1,17H2. The maximum atomic E-state index is 6.16. The maximum absolute atomic E-state index is 6.16. The Morgan fingerprint density at radius 1 is 0.824 bits per heavy atom. The van der Waals surface area contributed by atoms with Gasteiger partial charge in [-0.15, -0.1) is 6.58 Å². The Balaban J connectivity index is 2.43. The minimum Gasteiger partial charge on any atom is -0.324 e. The zero-order valence-electron chi connectivity index (χ0n) is 9.79. The molecule has 0 aliphatic carbocycles. The van der Waals surface area contributed by atoms with Gasteiger partial charge in [0.25, 0.3) is 0 Å². The van der Waals surface area contributed by atoms with Crippen LogP contribution in [0.5, 0.6) is 0 Å². The normalized spacial score (nSPS) is 12.4. The van der Waals surface area contributed by atoms with Gasteiger partial charge in [-0.3, -0.25) is 0 Å². The summed E-state index contributed by atoms with van der Waals surface area (Å²) >= 11 is 0. The molecule has 2 aromatic carbocycles. The first kappa shape index (κ1) is 11.6. The fraction of sp³-hybridized carbons (Fsp3) is 0.125. The first-order valence-corrected chi connectivity index (χ1v) is 5.81. The molecule has 1 atom stereocenters. The molecule has 2 rings (SSSR count). The summed E-state index contributed by atoms with van der Waals surface area (Å²) < 4.78 is 0. The van der Waals surface area contributed by atoms with Gasteiger partial charge in [0, 0.05) is 12.0 Å². The molecular weight excluding hydrogens is 206 g/mol. The third kappa shape index (κ3) is 2.63. The molecular formula is C16H17N. The molecule has 0 bridgehead atoms. The molecule has 0 saturated carbocycles. The van der Waals surface area contributed by atoms with Crippen molar-refractivity contribution in [3.8, 4) is 0 Å². The van der Waals surface area contributed by atoms with Crippen LogP contribution >= 0.6 is 0 Å². The van der Waals surface area contributed by atoms with E-state index in [1.54, 1.807) is 0 Å². The molecule has 0 amide bonds. The van der Waals surface area contributed by atoms with Gasteiger partial charge in [0.2, 0.25) is 0 Å². The topological polar surface area (TPSA) is 26.0 Å². The van der Waals surface area contributed by atoms with E-state index in [0.29, 0.717) is 0 Å². The lowest BCUT2D eigenvalue weighted by Crippen LogP contribution is -2.26. The molecule has 0 radical (unpaired) electrons. The number of hydrogen-bond acceptors (Lipinski definition) is 1. The van der Waals surface area contributed by atoms with Gasteiger partial charge >= 0.3 is 0 Å². The molecule has 2 N–H and O–H groups in total. The van der Waals surface area contributed by atoms with Crippen LogP contribution in [0.3, 0.4) is 0 Å². The Morgan fingerprint density at radius 3 is 1.59 bits per heavy atom. The highest BCUT2D eigenvalue weighted by atomic mass is 14.6. The summed E-state index contributed by atoms with van der Waals surface area (Å²) in [7, 11) is 0. The molecule has 1 heteroatoms. The summed E-state index contributed by atoms with van der Waals surface area (Å²) in [6.07, 6.45) is 1.81. The second-order valence-electron chi connectivity index (χ2n) is 4.11. The van der Waals surface area contributed by atoms with Crippen LogP contribution in [0.25, 0.3) is 0 Å². The van der Waals surface area contributed by atoms with E-state index in [9.17, 15) is 0 Å². The molecule has 2 aromatic rings. The van der Waals surface area contributed by atoms with Crippen molar-refractivity contribution in [1.82, 2.24) is 0 Å². The summed E-state index contributed by atoms with van der Waals surface area (Å²) in [6, 6.07) is 20.6. The van der Waals surface area contributed by atoms with Gasteiger partial charge in [0.15, 0.2) is 0 Å². The summed E-state index contributed by atoms with van der Waals surface area (Å²) in [6.45, 7) is 3.81. The van der Waals surface area contributed by atoms with Crippen molar-refractivity contribution in [2.45, 2.75) is 12.0 Å². The average Bonchev–Trinajstić information content (AvgIpc) is 2.41. The van der Waals surface area contributed by atoms with Gasteiger partial charge in [-0.2, -0.15) is 0 Å². The predicted molar refractivity (Wildman–Crippen MR) is 72.9 cm³/mol. The molecule has 0 aliphatic heterocycles. The number of benzene rings is 2. The van der Waals surface area contributed by atoms with E-state index in [0.717, 1.165) is 0 Å². The lowest BCUT2D eigenvalue weighted by molar-refractivity contribution is 0.701. The Labute approximate surface area is 103 Å². The van der Waals surface area contributed by atoms with Crippen LogP contribution in [0.2, 0.25) is 0 Å². The quantitative estimate of drug-likeness (QED) is 0.790. The summed E-state index contributed by atoms with van der Waals surface area (Å²) in [5, 5.41) is 0. The van der Waals surface area contributed by atoms with Crippen LogP contribution in [0, 0.1) is 0 Å². The summed E-state index contributed by atoms with van der Waals surface area (Å²) in [5.41, 5.74) is 8.62. The van der Waals surface area contributed by atoms with Crippen molar-refractivity contribution >= 4 is 0 Å². The first-order chi connectivity index (χ1) is 8.33. The Hall–Kier alpha value is -1.86. The van der Waals surface area contributed by atoms with Crippen LogP contribution in [-0.2, 0) is 0 Å². The van der Waals surface area contributed by atoms with Gasteiger partial charge in [0.05, 0.1) is 0 Å². The van der Waals surface area contributed by atoms with Crippen LogP contribution in [0.15, 0.2) is 73.3 Å². The number of nitrogens with two attached hydrogens (primary N) is 1. The van der Waals surface area contributed by atoms with Crippen molar-refractivity contribution in [2.24, 2.45) is 5.73 Å². The van der Waals surface area contributed by atoms with Gasteiger partial charge in [-0.25, -0.2) is 0 Å². The largest absolute Gasteiger partial charge is 0.324 e. The minimum atomic E-state index is -0.0696. The van der Waals surface area contributed by atoms with Crippen molar-refractivity contribution in [3.05, 3.63) is 84.4 Å². The molecule has 0 aliphatic rings. The Bertz CT molecular complexity index is 422. The SMILES string of the molecule is C=CC(N)C(c1ccccc1)c1ccccc1. The van der Waals surface area contributed by atoms with E-state index < -0.39 is 0 Å². The fourth-order valence-electron chi connectivity index (χ4n) is 2.09. The second-order valence-corrected chi connectivity index (χ2v) is 4.11. The Kier molecular flexibility index (Phi) is 3.73. The highest BCUT2D eigenvalue weighted by Crippen LogP contribution is 2.27. The van der Waals surface area contributed by atoms with Gasteiger partial charge < -0.3 is 5.73 Å². The van der Waals surface area contributed by atoms with E-state index in [-0.39, 0.29) is 12.0 Å². The molecule has 0 saturated heterocycles. The second kappa shape index (κ2) is 5.46. The molecule has 1 unspecified atom stereocenters. The predicted octanol–water partition coefficient (Wildman–Crippen LogP) is 3.33. The third-order valence-electron chi connectivity index (χ3n) is 2.97. The molecule has 0 fully saturated rings. The molecule has 17 heavy (non-hydrogen) atoms. The zero-order chi connectivity index (χ0) is 12.1. The van der Waals surface area contributed by atoms with Gasteiger partial charge in [-0.1, -0.05) is 66.7 Å². The molecule has 0 heterocycles. The number of hydrogen-bond donors (Lipinski definition) is 1. The van der Waals surface area contributed by atoms with Crippen molar-refractivity contribution in [3.63, 3.8) is 0 Å². The summed E-state index contributed by atoms with van der Waals surface area (Å²) in [5.74, 6) is 0.176. The van der Waals surface area contributed by atoms with Gasteiger partial charge in [-0.05, 0) is 11.1 Å². The van der Waals surface area contributed by atoms with E-state index in [4.69, 9.17) is 5.73 Å². The van der Waals surface area contributed by atoms with Crippen LogP contribution in [0.1, 0.15) is 17.0 Å². The highest BCUT2D eigenvalue weighted by Gasteiger charge is 2.18. The van der Waals surface area contributed by atoms with Crippen LogP contribution in [0.4, 0.5) is 0 Å². The fourth-order valence-corrected chi connectivity index (χ4v) is 2.09. The van der Waals surface area contributed by atoms with Crippen molar-refractivity contribution < 1.29 is 0 Å². The van der Waals surface area contributed by atoms with E-state index in [1.807, 2.05) is 42.5 Å². The smallest absolute Gasteiger partial charge is 0.0332 e. The Morgan fingerprint density at radius 2 is 1.24 bits per heavy atom. The lowest BCUT2D eigenvalue weighted by Gasteiger charge is -2.22.